The van der Waals surface area contributed by atoms with Crippen molar-refractivity contribution in [3.05, 3.63) is 46.0 Å². The average Bonchev–Trinajstić information content (AvgIpc) is 2.36. The third-order valence-corrected chi connectivity index (χ3v) is 3.68. The summed E-state index contributed by atoms with van der Waals surface area (Å²) >= 11 is 0. The predicted molar refractivity (Wildman–Crippen MR) is 65.3 cm³/mol. The third kappa shape index (κ3) is 1.47. The molecule has 0 aliphatic heterocycles. The molecule has 1 aromatic rings. The van der Waals surface area contributed by atoms with Gasteiger partial charge in [-0.15, -0.1) is 0 Å². The molecule has 2 aliphatic rings. The summed E-state index contributed by atoms with van der Waals surface area (Å²) in [5.74, 6) is 0.160. The van der Waals surface area contributed by atoms with Crippen LogP contribution < -0.4 is 0 Å². The minimum absolute atomic E-state index is 0.0781. The maximum Gasteiger partial charge on any atom is 0.190 e. The number of hydrogen-bond acceptors (Lipinski definition) is 2. The van der Waals surface area contributed by atoms with Crippen LogP contribution in [0.2, 0.25) is 0 Å². The van der Waals surface area contributed by atoms with Crippen LogP contribution in [0.25, 0.3) is 0 Å². The fourth-order valence-electron chi connectivity index (χ4n) is 2.78. The molecule has 0 unspecified atom stereocenters. The first-order valence-electron chi connectivity index (χ1n) is 6.10. The van der Waals surface area contributed by atoms with Crippen molar-refractivity contribution in [3.8, 4) is 0 Å². The van der Waals surface area contributed by atoms with E-state index in [1.54, 1.807) is 6.07 Å². The highest BCUT2D eigenvalue weighted by Gasteiger charge is 2.32. The lowest BCUT2D eigenvalue weighted by Gasteiger charge is -2.24. The minimum Gasteiger partial charge on any atom is -0.289 e. The Bertz CT molecular complexity index is 564. The van der Waals surface area contributed by atoms with E-state index in [1.807, 2.05) is 19.1 Å². The summed E-state index contributed by atoms with van der Waals surface area (Å²) in [6.07, 6.45) is 3.60. The lowest BCUT2D eigenvalue weighted by Crippen LogP contribution is -2.24. The summed E-state index contributed by atoms with van der Waals surface area (Å²) in [6.45, 7) is 1.95. The van der Waals surface area contributed by atoms with E-state index >= 15 is 0 Å². The fraction of sp³-hybridized carbons (Fsp3) is 0.333. The molecule has 0 N–H and O–H groups in total. The Hall–Kier alpha value is -1.70. The van der Waals surface area contributed by atoms with Gasteiger partial charge in [0.1, 0.15) is 0 Å². The van der Waals surface area contributed by atoms with Gasteiger partial charge >= 0.3 is 0 Å². The van der Waals surface area contributed by atoms with E-state index in [0.29, 0.717) is 11.1 Å². The molecule has 86 valence electrons. The molecule has 0 bridgehead atoms. The topological polar surface area (TPSA) is 34.1 Å². The van der Waals surface area contributed by atoms with Crippen LogP contribution >= 0.6 is 0 Å². The van der Waals surface area contributed by atoms with Crippen LogP contribution in [0.1, 0.15) is 52.0 Å². The standard InChI is InChI=1S/C15H14O2/c1-9-6-7-12-13(8-9)15(17)11-5-3-2-4-10(11)14(12)16/h6-8H,2-5H2,1H3. The predicted octanol–water partition coefficient (Wildman–Crippen LogP) is 3.24. The average molecular weight is 226 g/mol. The maximum absolute atomic E-state index is 12.3. The van der Waals surface area contributed by atoms with Crippen molar-refractivity contribution in [3.63, 3.8) is 0 Å². The molecule has 2 heteroatoms. The fourth-order valence-corrected chi connectivity index (χ4v) is 2.78. The summed E-state index contributed by atoms with van der Waals surface area (Å²) in [5.41, 5.74) is 3.79. The largest absolute Gasteiger partial charge is 0.289 e. The summed E-state index contributed by atoms with van der Waals surface area (Å²) in [5, 5.41) is 0. The van der Waals surface area contributed by atoms with Gasteiger partial charge in [-0.3, -0.25) is 9.59 Å². The number of carbonyl (C=O) groups is 2. The van der Waals surface area contributed by atoms with Crippen molar-refractivity contribution in [2.45, 2.75) is 32.6 Å². The van der Waals surface area contributed by atoms with E-state index in [4.69, 9.17) is 0 Å². The van der Waals surface area contributed by atoms with Gasteiger partial charge in [0.15, 0.2) is 11.6 Å². The van der Waals surface area contributed by atoms with E-state index in [0.717, 1.165) is 42.4 Å². The first kappa shape index (κ1) is 10.5. The third-order valence-electron chi connectivity index (χ3n) is 3.68. The van der Waals surface area contributed by atoms with Crippen LogP contribution in [-0.4, -0.2) is 11.6 Å². The minimum atomic E-state index is 0.0781. The number of allylic oxidation sites excluding steroid dienone is 2. The normalized spacial score (nSPS) is 19.1. The molecule has 2 aliphatic carbocycles. The Morgan fingerprint density at radius 1 is 0.882 bits per heavy atom. The van der Waals surface area contributed by atoms with Crippen molar-refractivity contribution in [1.82, 2.24) is 0 Å². The second-order valence-electron chi connectivity index (χ2n) is 4.87. The Morgan fingerprint density at radius 2 is 1.47 bits per heavy atom. The number of hydrogen-bond donors (Lipinski definition) is 0. The molecule has 0 heterocycles. The zero-order chi connectivity index (χ0) is 12.0. The monoisotopic (exact) mass is 226 g/mol. The van der Waals surface area contributed by atoms with Crippen molar-refractivity contribution >= 4 is 11.6 Å². The molecule has 0 amide bonds. The van der Waals surface area contributed by atoms with Gasteiger partial charge in [0, 0.05) is 22.3 Å². The van der Waals surface area contributed by atoms with E-state index in [1.165, 1.54) is 0 Å². The lowest BCUT2D eigenvalue weighted by molar-refractivity contribution is 0.0964. The smallest absolute Gasteiger partial charge is 0.190 e. The number of aryl methyl sites for hydroxylation is 1. The summed E-state index contributed by atoms with van der Waals surface area (Å²) in [6, 6.07) is 5.54. The first-order chi connectivity index (χ1) is 8.18. The summed E-state index contributed by atoms with van der Waals surface area (Å²) in [7, 11) is 0. The highest BCUT2D eigenvalue weighted by Crippen LogP contribution is 2.35. The van der Waals surface area contributed by atoms with Gasteiger partial charge in [-0.25, -0.2) is 0 Å². The molecule has 0 fully saturated rings. The van der Waals surface area contributed by atoms with Crippen LogP contribution in [0.15, 0.2) is 29.3 Å². The molecular formula is C15H14O2. The molecule has 0 saturated carbocycles. The second-order valence-corrected chi connectivity index (χ2v) is 4.87. The lowest BCUT2D eigenvalue weighted by atomic mass is 9.77. The molecule has 2 nitrogen and oxygen atoms in total. The molecule has 0 aromatic heterocycles. The van der Waals surface area contributed by atoms with Crippen molar-refractivity contribution in [2.75, 3.05) is 0 Å². The van der Waals surface area contributed by atoms with Crippen molar-refractivity contribution in [1.29, 1.82) is 0 Å². The van der Waals surface area contributed by atoms with Crippen LogP contribution in [0.3, 0.4) is 0 Å². The van der Waals surface area contributed by atoms with E-state index in [2.05, 4.69) is 0 Å². The number of fused-ring (bicyclic) bond motifs is 1. The van der Waals surface area contributed by atoms with Gasteiger partial charge in [-0.2, -0.15) is 0 Å². The summed E-state index contributed by atoms with van der Waals surface area (Å²) < 4.78 is 0. The van der Waals surface area contributed by atoms with Crippen LogP contribution in [-0.2, 0) is 0 Å². The Balaban J connectivity index is 2.22. The van der Waals surface area contributed by atoms with Crippen LogP contribution in [0, 0.1) is 6.92 Å². The quantitative estimate of drug-likeness (QED) is 0.680. The van der Waals surface area contributed by atoms with Gasteiger partial charge < -0.3 is 0 Å². The molecule has 17 heavy (non-hydrogen) atoms. The van der Waals surface area contributed by atoms with E-state index in [-0.39, 0.29) is 11.6 Å². The van der Waals surface area contributed by atoms with Gasteiger partial charge in [-0.05, 0) is 38.7 Å². The zero-order valence-electron chi connectivity index (χ0n) is 9.88. The van der Waals surface area contributed by atoms with Crippen LogP contribution in [0.4, 0.5) is 0 Å². The SMILES string of the molecule is Cc1ccc2c(c1)C(=O)C1=C(CCCC1)C2=O. The molecule has 0 spiro atoms. The van der Waals surface area contributed by atoms with Crippen LogP contribution in [0.5, 0.6) is 0 Å². The molecule has 0 radical (unpaired) electrons. The zero-order valence-corrected chi connectivity index (χ0v) is 9.88. The molecule has 1 aromatic carbocycles. The van der Waals surface area contributed by atoms with E-state index < -0.39 is 0 Å². The number of ketones is 2. The number of rotatable bonds is 0. The molecule has 3 rings (SSSR count). The highest BCUT2D eigenvalue weighted by molar-refractivity contribution is 6.27. The Morgan fingerprint density at radius 3 is 2.12 bits per heavy atom. The molecular weight excluding hydrogens is 212 g/mol. The van der Waals surface area contributed by atoms with Gasteiger partial charge in [-0.1, -0.05) is 17.7 Å². The summed E-state index contributed by atoms with van der Waals surface area (Å²) in [4.78, 5) is 24.6. The first-order valence-corrected chi connectivity index (χ1v) is 6.10. The molecule has 0 saturated heterocycles. The molecule has 0 atom stereocenters. The second kappa shape index (κ2) is 3.66. The van der Waals surface area contributed by atoms with E-state index in [9.17, 15) is 9.59 Å². The van der Waals surface area contributed by atoms with Gasteiger partial charge in [0.25, 0.3) is 0 Å². The maximum atomic E-state index is 12.3. The highest BCUT2D eigenvalue weighted by atomic mass is 16.1. The van der Waals surface area contributed by atoms with Crippen molar-refractivity contribution < 1.29 is 9.59 Å². The van der Waals surface area contributed by atoms with Gasteiger partial charge in [0.05, 0.1) is 0 Å². The Kier molecular flexibility index (Phi) is 2.25. The number of carbonyl (C=O) groups excluding carboxylic acids is 2. The Labute approximate surface area is 100 Å². The van der Waals surface area contributed by atoms with Crippen molar-refractivity contribution in [2.24, 2.45) is 0 Å². The van der Waals surface area contributed by atoms with Gasteiger partial charge in [0.2, 0.25) is 0 Å². The number of Topliss-reactive ketones (excluding diaryl/α,β-unsaturated/α-hetero) is 2. The number of benzene rings is 1.